The van der Waals surface area contributed by atoms with Crippen LogP contribution in [0.3, 0.4) is 0 Å². The summed E-state index contributed by atoms with van der Waals surface area (Å²) in [6.07, 6.45) is 14.1. The average molecular weight is 375 g/mol. The molecule has 0 bridgehead atoms. The first-order valence-corrected chi connectivity index (χ1v) is 14.5. The fourth-order valence-electron chi connectivity index (χ4n) is 7.62. The van der Waals surface area contributed by atoms with E-state index in [0.717, 1.165) is 18.3 Å². The number of rotatable bonds is 3. The second-order valence-electron chi connectivity index (χ2n) is 11.0. The average Bonchev–Trinajstić information content (AvgIpc) is 2.90. The fourth-order valence-corrected chi connectivity index (χ4v) is 8.86. The Morgan fingerprint density at radius 3 is 2.58 bits per heavy atom. The van der Waals surface area contributed by atoms with Crippen LogP contribution in [0.1, 0.15) is 65.2 Å². The highest BCUT2D eigenvalue weighted by Crippen LogP contribution is 2.66. The molecular weight excluding hydrogens is 336 g/mol. The molecule has 3 fully saturated rings. The van der Waals surface area contributed by atoms with Crippen LogP contribution < -0.4 is 0 Å². The van der Waals surface area contributed by atoms with Gasteiger partial charge in [-0.15, -0.1) is 0 Å². The number of hydrogen-bond donors (Lipinski definition) is 0. The number of carbonyl (C=O) groups excluding carboxylic acids is 1. The van der Waals surface area contributed by atoms with Crippen LogP contribution in [-0.2, 0) is 9.22 Å². The summed E-state index contributed by atoms with van der Waals surface area (Å²) in [5.41, 5.74) is 1.70. The smallest absolute Gasteiger partial charge is 0.184 e. The maximum Gasteiger partial charge on any atom is 0.184 e. The van der Waals surface area contributed by atoms with E-state index in [2.05, 4.69) is 39.6 Å². The van der Waals surface area contributed by atoms with Crippen LogP contribution in [0, 0.1) is 34.5 Å². The Morgan fingerprint density at radius 2 is 1.88 bits per heavy atom. The Kier molecular flexibility index (Phi) is 4.59. The van der Waals surface area contributed by atoms with E-state index >= 15 is 0 Å². The second kappa shape index (κ2) is 6.30. The van der Waals surface area contributed by atoms with E-state index in [1.807, 2.05) is 0 Å². The van der Waals surface area contributed by atoms with Gasteiger partial charge in [-0.25, -0.2) is 0 Å². The lowest BCUT2D eigenvalue weighted by atomic mass is 9.45. The van der Waals surface area contributed by atoms with Gasteiger partial charge in [0.15, 0.2) is 8.32 Å². The molecule has 4 rings (SSSR count). The summed E-state index contributed by atoms with van der Waals surface area (Å²) in [6.45, 7) is 11.9. The third-order valence-corrected chi connectivity index (χ3v) is 9.76. The van der Waals surface area contributed by atoms with Crippen LogP contribution in [-0.4, -0.2) is 20.7 Å². The van der Waals surface area contributed by atoms with Gasteiger partial charge in [0.1, 0.15) is 6.29 Å². The SMILES string of the molecule is CC1CCC=C2CC[C@@H]3[C@@H](CC[C@]4(C)C(O[Si](C)(C)C)CC[C@@H]34)[C@]21C=O. The van der Waals surface area contributed by atoms with E-state index in [1.165, 1.54) is 56.8 Å². The van der Waals surface area contributed by atoms with E-state index in [1.54, 1.807) is 0 Å². The zero-order valence-electron chi connectivity index (χ0n) is 17.5. The van der Waals surface area contributed by atoms with Crippen LogP contribution >= 0.6 is 0 Å². The van der Waals surface area contributed by atoms with E-state index in [4.69, 9.17) is 4.43 Å². The molecule has 0 aliphatic heterocycles. The molecule has 0 radical (unpaired) electrons. The number of allylic oxidation sites excluding steroid dienone is 2. The Morgan fingerprint density at radius 1 is 1.12 bits per heavy atom. The summed E-state index contributed by atoms with van der Waals surface area (Å²) in [5.74, 6) is 2.59. The molecule has 7 atom stereocenters. The molecule has 0 aromatic rings. The third kappa shape index (κ3) is 2.63. The Balaban J connectivity index is 1.65. The van der Waals surface area contributed by atoms with E-state index in [0.29, 0.717) is 23.4 Å². The summed E-state index contributed by atoms with van der Waals surface area (Å²) in [6, 6.07) is 0. The van der Waals surface area contributed by atoms with Crippen LogP contribution in [0.25, 0.3) is 0 Å². The Bertz CT molecular complexity index is 606. The van der Waals surface area contributed by atoms with Gasteiger partial charge in [0, 0.05) is 0 Å². The van der Waals surface area contributed by atoms with Gasteiger partial charge < -0.3 is 9.22 Å². The van der Waals surface area contributed by atoms with Crippen molar-refractivity contribution in [1.82, 2.24) is 0 Å². The minimum Gasteiger partial charge on any atom is -0.414 e. The monoisotopic (exact) mass is 374 g/mol. The molecule has 0 saturated heterocycles. The van der Waals surface area contributed by atoms with Gasteiger partial charge >= 0.3 is 0 Å². The molecular formula is C23H38O2Si. The van der Waals surface area contributed by atoms with Crippen molar-refractivity contribution in [2.75, 3.05) is 0 Å². The van der Waals surface area contributed by atoms with E-state index < -0.39 is 8.32 Å². The lowest BCUT2D eigenvalue weighted by Gasteiger charge is -2.59. The van der Waals surface area contributed by atoms with Crippen molar-refractivity contribution in [2.45, 2.75) is 91.0 Å². The molecule has 3 heteroatoms. The van der Waals surface area contributed by atoms with Crippen molar-refractivity contribution >= 4 is 14.6 Å². The molecule has 4 aliphatic carbocycles. The Labute approximate surface area is 161 Å². The molecule has 0 aromatic heterocycles. The molecule has 0 spiro atoms. The first kappa shape index (κ1) is 18.9. The molecule has 0 heterocycles. The molecule has 0 amide bonds. The maximum atomic E-state index is 12.5. The quantitative estimate of drug-likeness (QED) is 0.345. The minimum absolute atomic E-state index is 0.139. The first-order valence-electron chi connectivity index (χ1n) is 11.1. The predicted molar refractivity (Wildman–Crippen MR) is 109 cm³/mol. The lowest BCUT2D eigenvalue weighted by Crippen LogP contribution is -2.55. The number of aldehydes is 1. The topological polar surface area (TPSA) is 26.3 Å². The van der Waals surface area contributed by atoms with Gasteiger partial charge in [-0.3, -0.25) is 0 Å². The van der Waals surface area contributed by atoms with Crippen LogP contribution in [0.15, 0.2) is 11.6 Å². The summed E-state index contributed by atoms with van der Waals surface area (Å²) < 4.78 is 6.69. The standard InChI is InChI=1S/C23H38O2Si/c1-16-7-6-8-17-9-10-18-19-11-12-21(25-26(3,4)5)22(19,2)14-13-20(18)23(16,17)15-24/h8,15-16,18-21H,6-7,9-14H2,1-5H3/t16?,18-,19-,20+,21?,22-,23-/m0/s1. The largest absolute Gasteiger partial charge is 0.414 e. The van der Waals surface area contributed by atoms with Crippen molar-refractivity contribution in [1.29, 1.82) is 0 Å². The van der Waals surface area contributed by atoms with Gasteiger partial charge in [-0.1, -0.05) is 25.5 Å². The van der Waals surface area contributed by atoms with Gasteiger partial charge in [0.05, 0.1) is 11.5 Å². The summed E-state index contributed by atoms with van der Waals surface area (Å²) in [7, 11) is -1.52. The molecule has 146 valence electrons. The van der Waals surface area contributed by atoms with Crippen molar-refractivity contribution in [3.63, 3.8) is 0 Å². The second-order valence-corrected chi connectivity index (χ2v) is 15.5. The molecule has 0 N–H and O–H groups in total. The van der Waals surface area contributed by atoms with E-state index in [-0.39, 0.29) is 5.41 Å². The van der Waals surface area contributed by atoms with Crippen LogP contribution in [0.2, 0.25) is 19.6 Å². The van der Waals surface area contributed by atoms with Crippen molar-refractivity contribution in [2.24, 2.45) is 34.5 Å². The summed E-state index contributed by atoms with van der Waals surface area (Å²) in [4.78, 5) is 12.5. The van der Waals surface area contributed by atoms with Crippen molar-refractivity contribution in [3.05, 3.63) is 11.6 Å². The molecule has 0 aromatic carbocycles. The van der Waals surface area contributed by atoms with Gasteiger partial charge in [0.25, 0.3) is 0 Å². The first-order chi connectivity index (χ1) is 12.2. The highest BCUT2D eigenvalue weighted by molar-refractivity contribution is 6.69. The summed E-state index contributed by atoms with van der Waals surface area (Å²) >= 11 is 0. The maximum absolute atomic E-state index is 12.5. The van der Waals surface area contributed by atoms with Crippen molar-refractivity contribution < 1.29 is 9.22 Å². The predicted octanol–water partition coefficient (Wildman–Crippen LogP) is 5.98. The lowest BCUT2D eigenvalue weighted by molar-refractivity contribution is -0.132. The van der Waals surface area contributed by atoms with Gasteiger partial charge in [0.2, 0.25) is 0 Å². The normalized spacial score (nSPS) is 48.2. The number of carbonyl (C=O) groups is 1. The fraction of sp³-hybridized carbons (Fsp3) is 0.870. The van der Waals surface area contributed by atoms with Gasteiger partial charge in [-0.2, -0.15) is 0 Å². The van der Waals surface area contributed by atoms with Crippen LogP contribution in [0.4, 0.5) is 0 Å². The highest BCUT2D eigenvalue weighted by atomic mass is 28.4. The zero-order valence-corrected chi connectivity index (χ0v) is 18.5. The number of fused-ring (bicyclic) bond motifs is 5. The van der Waals surface area contributed by atoms with Crippen molar-refractivity contribution in [3.8, 4) is 0 Å². The molecule has 26 heavy (non-hydrogen) atoms. The van der Waals surface area contributed by atoms with E-state index in [9.17, 15) is 4.79 Å². The zero-order chi connectivity index (χ0) is 18.7. The molecule has 3 saturated carbocycles. The minimum atomic E-state index is -1.52. The molecule has 4 aliphatic rings. The van der Waals surface area contributed by atoms with Gasteiger partial charge in [-0.05, 0) is 100 Å². The Hall–Kier alpha value is -0.413. The summed E-state index contributed by atoms with van der Waals surface area (Å²) in [5, 5.41) is 0. The number of hydrogen-bond acceptors (Lipinski definition) is 2. The third-order valence-electron chi connectivity index (χ3n) is 8.76. The molecule has 2 nitrogen and oxygen atoms in total. The highest BCUT2D eigenvalue weighted by Gasteiger charge is 2.61. The molecule has 2 unspecified atom stereocenters. The van der Waals surface area contributed by atoms with Crippen LogP contribution in [0.5, 0.6) is 0 Å².